The molecule has 0 radical (unpaired) electrons. The van der Waals surface area contributed by atoms with E-state index >= 15 is 0 Å². The summed E-state index contributed by atoms with van der Waals surface area (Å²) >= 11 is 1.74. The summed E-state index contributed by atoms with van der Waals surface area (Å²) in [6, 6.07) is 8.25. The van der Waals surface area contributed by atoms with E-state index in [1.807, 2.05) is 6.92 Å². The average Bonchev–Trinajstić information content (AvgIpc) is 3.14. The molecule has 1 aliphatic heterocycles. The molecule has 0 aliphatic carbocycles. The van der Waals surface area contributed by atoms with Crippen LogP contribution in [0.25, 0.3) is 5.00 Å². The number of fused-ring (bicyclic) bond motifs is 3. The van der Waals surface area contributed by atoms with E-state index < -0.39 is 0 Å². The quantitative estimate of drug-likeness (QED) is 0.623. The van der Waals surface area contributed by atoms with Crippen molar-refractivity contribution in [3.05, 3.63) is 75.4 Å². The maximum atomic E-state index is 9.90. The highest BCUT2D eigenvalue weighted by atomic mass is 32.1. The highest BCUT2D eigenvalue weighted by molar-refractivity contribution is 7.15. The Bertz CT molecular complexity index is 1090. The first-order valence-electron chi connectivity index (χ1n) is 9.47. The number of aliphatic hydroxyl groups is 1. The molecule has 2 aromatic heterocycles. The van der Waals surface area contributed by atoms with E-state index in [-0.39, 0.29) is 11.8 Å². The summed E-state index contributed by atoms with van der Waals surface area (Å²) in [5, 5.41) is 19.7. The Balaban J connectivity index is 2.00. The molecule has 1 atom stereocenters. The van der Waals surface area contributed by atoms with Crippen molar-refractivity contribution in [2.75, 3.05) is 0 Å². The average molecular weight is 393 g/mol. The Morgan fingerprint density at radius 2 is 1.89 bits per heavy atom. The maximum absolute atomic E-state index is 9.90. The fourth-order valence-electron chi connectivity index (χ4n) is 3.65. The van der Waals surface area contributed by atoms with E-state index in [2.05, 4.69) is 66.4 Å². The Hall–Kier alpha value is -2.73. The molecule has 0 saturated carbocycles. The summed E-state index contributed by atoms with van der Waals surface area (Å²) in [4.78, 5) is 6.35. The zero-order valence-corrected chi connectivity index (χ0v) is 17.5. The third kappa shape index (κ3) is 2.98. The number of aryl methyl sites for hydroxylation is 3. The molecular weight excluding hydrogens is 368 g/mol. The number of hydrogen-bond acceptors (Lipinski definition) is 5. The summed E-state index contributed by atoms with van der Waals surface area (Å²) < 4.78 is 2.09. The van der Waals surface area contributed by atoms with Gasteiger partial charge in [-0.05, 0) is 38.3 Å². The van der Waals surface area contributed by atoms with Gasteiger partial charge in [-0.15, -0.1) is 21.5 Å². The minimum atomic E-state index is -0.334. The minimum absolute atomic E-state index is 0.0970. The van der Waals surface area contributed by atoms with Crippen molar-refractivity contribution in [1.82, 2.24) is 14.8 Å². The van der Waals surface area contributed by atoms with Crippen molar-refractivity contribution in [2.24, 2.45) is 4.99 Å². The fraction of sp³-hybridized carbons (Fsp3) is 0.318. The van der Waals surface area contributed by atoms with E-state index in [9.17, 15) is 5.11 Å². The number of benzene rings is 1. The van der Waals surface area contributed by atoms with Gasteiger partial charge < -0.3 is 5.11 Å². The highest BCUT2D eigenvalue weighted by Crippen LogP contribution is 2.39. The molecule has 0 bridgehead atoms. The summed E-state index contributed by atoms with van der Waals surface area (Å²) in [5.74, 6) is 1.67. The molecule has 1 N–H and O–H groups in total. The van der Waals surface area contributed by atoms with Gasteiger partial charge in [0.25, 0.3) is 0 Å². The zero-order valence-electron chi connectivity index (χ0n) is 16.7. The standard InChI is InChI=1S/C22H24N4OS/c1-6-16-7-9-17(10-8-16)20-19-13(3)14(4)28-22(19)26-15(5)24-25-21(26)18(23-20)11-12(2)27/h7-10,18,27H,2,6,11H2,1,3-5H3/t18-/m0/s1. The van der Waals surface area contributed by atoms with Gasteiger partial charge in [0, 0.05) is 22.4 Å². The predicted molar refractivity (Wildman–Crippen MR) is 114 cm³/mol. The van der Waals surface area contributed by atoms with Gasteiger partial charge in [-0.3, -0.25) is 9.56 Å². The van der Waals surface area contributed by atoms with E-state index in [1.54, 1.807) is 11.3 Å². The van der Waals surface area contributed by atoms with Crippen LogP contribution >= 0.6 is 11.3 Å². The van der Waals surface area contributed by atoms with E-state index in [0.29, 0.717) is 6.42 Å². The smallest absolute Gasteiger partial charge is 0.163 e. The van der Waals surface area contributed by atoms with Crippen molar-refractivity contribution in [3.8, 4) is 5.00 Å². The lowest BCUT2D eigenvalue weighted by molar-refractivity contribution is 0.375. The molecule has 3 heterocycles. The first kappa shape index (κ1) is 18.6. The third-order valence-electron chi connectivity index (χ3n) is 5.30. The molecule has 1 aromatic carbocycles. The second-order valence-electron chi connectivity index (χ2n) is 7.22. The molecule has 144 valence electrons. The lowest BCUT2D eigenvalue weighted by atomic mass is 9.98. The van der Waals surface area contributed by atoms with Crippen LogP contribution in [-0.2, 0) is 6.42 Å². The van der Waals surface area contributed by atoms with Crippen LogP contribution in [0.2, 0.25) is 0 Å². The molecular formula is C22H24N4OS. The number of aromatic nitrogens is 3. The zero-order chi connectivity index (χ0) is 20.0. The largest absolute Gasteiger partial charge is 0.513 e. The molecule has 6 heteroatoms. The number of aliphatic hydroxyl groups excluding tert-OH is 1. The Morgan fingerprint density at radius 3 is 2.54 bits per heavy atom. The van der Waals surface area contributed by atoms with Gasteiger partial charge in [0.2, 0.25) is 0 Å². The molecule has 0 unspecified atom stereocenters. The minimum Gasteiger partial charge on any atom is -0.513 e. The van der Waals surface area contributed by atoms with Crippen LogP contribution < -0.4 is 0 Å². The maximum Gasteiger partial charge on any atom is 0.163 e. The summed E-state index contributed by atoms with van der Waals surface area (Å²) in [7, 11) is 0. The van der Waals surface area contributed by atoms with E-state index in [4.69, 9.17) is 4.99 Å². The van der Waals surface area contributed by atoms with Gasteiger partial charge in [-0.25, -0.2) is 0 Å². The molecule has 4 rings (SSSR count). The van der Waals surface area contributed by atoms with Gasteiger partial charge in [0.15, 0.2) is 5.82 Å². The van der Waals surface area contributed by atoms with Gasteiger partial charge in [0.05, 0.1) is 11.5 Å². The van der Waals surface area contributed by atoms with E-state index in [0.717, 1.165) is 39.9 Å². The number of rotatable bonds is 4. The number of nitrogens with zero attached hydrogens (tertiary/aromatic N) is 4. The van der Waals surface area contributed by atoms with Gasteiger partial charge in [-0.2, -0.15) is 0 Å². The molecule has 0 spiro atoms. The number of aliphatic imine (C=N–C) groups is 1. The van der Waals surface area contributed by atoms with Crippen molar-refractivity contribution < 1.29 is 5.11 Å². The third-order valence-corrected chi connectivity index (χ3v) is 6.50. The predicted octanol–water partition coefficient (Wildman–Crippen LogP) is 5.17. The van der Waals surface area contributed by atoms with Crippen LogP contribution in [0.15, 0.2) is 41.6 Å². The van der Waals surface area contributed by atoms with Gasteiger partial charge in [0.1, 0.15) is 16.9 Å². The van der Waals surface area contributed by atoms with Gasteiger partial charge in [-0.1, -0.05) is 37.8 Å². The van der Waals surface area contributed by atoms with Crippen molar-refractivity contribution in [2.45, 2.75) is 46.6 Å². The van der Waals surface area contributed by atoms with Crippen molar-refractivity contribution >= 4 is 17.0 Å². The molecule has 3 aromatic rings. The second-order valence-corrected chi connectivity index (χ2v) is 8.42. The number of hydrogen-bond donors (Lipinski definition) is 1. The van der Waals surface area contributed by atoms with Crippen LogP contribution in [0.4, 0.5) is 0 Å². The Kier molecular flexibility index (Phi) is 4.67. The lowest BCUT2D eigenvalue weighted by Crippen LogP contribution is -2.07. The van der Waals surface area contributed by atoms with Crippen LogP contribution in [-0.4, -0.2) is 25.6 Å². The molecule has 0 saturated heterocycles. The molecule has 0 fully saturated rings. The SMILES string of the molecule is C=C(O)C[C@@H]1N=C(c2ccc(CC)cc2)c2c(sc(C)c2C)-n2c(C)nnc21. The van der Waals surface area contributed by atoms with Crippen LogP contribution in [0.5, 0.6) is 0 Å². The second kappa shape index (κ2) is 7.02. The van der Waals surface area contributed by atoms with E-state index in [1.165, 1.54) is 16.0 Å². The summed E-state index contributed by atoms with van der Waals surface area (Å²) in [6.07, 6.45) is 1.32. The normalized spacial score (nSPS) is 15.6. The molecule has 28 heavy (non-hydrogen) atoms. The Morgan fingerprint density at radius 1 is 1.18 bits per heavy atom. The summed E-state index contributed by atoms with van der Waals surface area (Å²) in [6.45, 7) is 12.1. The lowest BCUT2D eigenvalue weighted by Gasteiger charge is -2.12. The van der Waals surface area contributed by atoms with Gasteiger partial charge >= 0.3 is 0 Å². The Labute approximate surface area is 169 Å². The van der Waals surface area contributed by atoms with Crippen LogP contribution in [0, 0.1) is 20.8 Å². The first-order valence-corrected chi connectivity index (χ1v) is 10.3. The monoisotopic (exact) mass is 392 g/mol. The first-order chi connectivity index (χ1) is 13.4. The number of thiophene rings is 1. The van der Waals surface area contributed by atoms with Crippen LogP contribution in [0.1, 0.15) is 58.2 Å². The molecule has 1 aliphatic rings. The van der Waals surface area contributed by atoms with Crippen molar-refractivity contribution in [3.63, 3.8) is 0 Å². The topological polar surface area (TPSA) is 63.3 Å². The summed E-state index contributed by atoms with van der Waals surface area (Å²) in [5.41, 5.74) is 5.66. The fourth-order valence-corrected chi connectivity index (χ4v) is 4.86. The van der Waals surface area contributed by atoms with Crippen LogP contribution in [0.3, 0.4) is 0 Å². The molecule has 5 nitrogen and oxygen atoms in total. The molecule has 0 amide bonds. The van der Waals surface area contributed by atoms with Crippen molar-refractivity contribution in [1.29, 1.82) is 0 Å². The highest BCUT2D eigenvalue weighted by Gasteiger charge is 2.31.